The first-order valence-electron chi connectivity index (χ1n) is 9.07. The van der Waals surface area contributed by atoms with E-state index in [1.807, 2.05) is 0 Å². The maximum atomic E-state index is 12.9. The smallest absolute Gasteiger partial charge is 0.350 e. The summed E-state index contributed by atoms with van der Waals surface area (Å²) in [6.45, 7) is 0. The fourth-order valence-corrected chi connectivity index (χ4v) is 3.23. The Balaban J connectivity index is 1.69. The van der Waals surface area contributed by atoms with Crippen molar-refractivity contribution in [3.8, 4) is 5.69 Å². The summed E-state index contributed by atoms with van der Waals surface area (Å²) in [7, 11) is 0. The number of halogens is 3. The Morgan fingerprint density at radius 3 is 2.32 bits per heavy atom. The van der Waals surface area contributed by atoms with Crippen LogP contribution in [0.3, 0.4) is 0 Å². The molecule has 4 aromatic rings. The molecule has 3 aromatic carbocycles. The average molecular weight is 425 g/mol. The predicted molar refractivity (Wildman–Crippen MR) is 111 cm³/mol. The second-order valence-corrected chi connectivity index (χ2v) is 6.74. The van der Waals surface area contributed by atoms with Crippen molar-refractivity contribution in [1.82, 2.24) is 4.57 Å². The van der Waals surface area contributed by atoms with Gasteiger partial charge >= 0.3 is 6.18 Å². The fourth-order valence-electron chi connectivity index (χ4n) is 3.23. The number of nitro benzene ring substituents is 1. The first-order chi connectivity index (χ1) is 14.7. The number of rotatable bonds is 4. The molecule has 0 bridgehead atoms. The molecule has 156 valence electrons. The molecule has 0 saturated carbocycles. The van der Waals surface area contributed by atoms with Gasteiger partial charge in [-0.25, -0.2) is 0 Å². The highest BCUT2D eigenvalue weighted by atomic mass is 19.4. The lowest BCUT2D eigenvalue weighted by molar-refractivity contribution is -0.383. The molecule has 9 heteroatoms. The van der Waals surface area contributed by atoms with Gasteiger partial charge in [-0.2, -0.15) is 13.2 Å². The van der Waals surface area contributed by atoms with Crippen LogP contribution in [0.4, 0.5) is 30.2 Å². The van der Waals surface area contributed by atoms with Crippen LogP contribution in [0.25, 0.3) is 16.5 Å². The SMILES string of the molecule is O=c1c2ccc(Nc3ccccc3[N+](=O)[O-])cc2ccn1-c1ccc(C(F)(F)F)cc1. The van der Waals surface area contributed by atoms with Crippen LogP contribution >= 0.6 is 0 Å². The zero-order chi connectivity index (χ0) is 22.2. The molecule has 0 aliphatic rings. The van der Waals surface area contributed by atoms with Crippen molar-refractivity contribution < 1.29 is 18.1 Å². The van der Waals surface area contributed by atoms with Crippen LogP contribution in [0.15, 0.2) is 83.8 Å². The van der Waals surface area contributed by atoms with Gasteiger partial charge in [0.05, 0.1) is 10.5 Å². The van der Waals surface area contributed by atoms with Crippen LogP contribution in [0.2, 0.25) is 0 Å². The zero-order valence-corrected chi connectivity index (χ0v) is 15.8. The molecule has 1 aromatic heterocycles. The molecule has 0 amide bonds. The van der Waals surface area contributed by atoms with Gasteiger partial charge in [-0.3, -0.25) is 19.5 Å². The third-order valence-electron chi connectivity index (χ3n) is 4.76. The Morgan fingerprint density at radius 1 is 0.935 bits per heavy atom. The summed E-state index contributed by atoms with van der Waals surface area (Å²) >= 11 is 0. The lowest BCUT2D eigenvalue weighted by atomic mass is 10.1. The number of pyridine rings is 1. The lowest BCUT2D eigenvalue weighted by Crippen LogP contribution is -2.17. The molecule has 1 N–H and O–H groups in total. The Hall–Kier alpha value is -4.14. The summed E-state index contributed by atoms with van der Waals surface area (Å²) in [5.41, 5.74) is -0.105. The minimum atomic E-state index is -4.45. The molecule has 6 nitrogen and oxygen atoms in total. The van der Waals surface area contributed by atoms with Gasteiger partial charge in [0.2, 0.25) is 0 Å². The van der Waals surface area contributed by atoms with E-state index in [0.717, 1.165) is 12.1 Å². The van der Waals surface area contributed by atoms with Gasteiger partial charge < -0.3 is 5.32 Å². The Labute approximate surface area is 173 Å². The van der Waals surface area contributed by atoms with Crippen LogP contribution in [-0.2, 0) is 6.18 Å². The van der Waals surface area contributed by atoms with E-state index in [-0.39, 0.29) is 5.69 Å². The number of para-hydroxylation sites is 2. The maximum Gasteiger partial charge on any atom is 0.416 e. The Morgan fingerprint density at radius 2 is 1.65 bits per heavy atom. The van der Waals surface area contributed by atoms with E-state index in [2.05, 4.69) is 5.32 Å². The molecule has 0 radical (unpaired) electrons. The summed E-state index contributed by atoms with van der Waals surface area (Å²) in [5, 5.41) is 15.1. The molecule has 1 heterocycles. The van der Waals surface area contributed by atoms with Crippen molar-refractivity contribution in [3.05, 3.63) is 105 Å². The third kappa shape index (κ3) is 3.97. The number of alkyl halides is 3. The Kier molecular flexibility index (Phi) is 4.94. The number of anilines is 2. The second kappa shape index (κ2) is 7.60. The molecule has 4 rings (SSSR count). The number of aromatic nitrogens is 1. The molecular formula is C22H14F3N3O3. The van der Waals surface area contributed by atoms with Crippen LogP contribution in [0.1, 0.15) is 5.56 Å². The molecule has 0 unspecified atom stereocenters. The normalized spacial score (nSPS) is 11.5. The van der Waals surface area contributed by atoms with Crippen LogP contribution in [-0.4, -0.2) is 9.49 Å². The van der Waals surface area contributed by atoms with Crippen molar-refractivity contribution in [2.24, 2.45) is 0 Å². The van der Waals surface area contributed by atoms with Crippen molar-refractivity contribution in [2.45, 2.75) is 6.18 Å². The van der Waals surface area contributed by atoms with E-state index < -0.39 is 22.2 Å². The highest BCUT2D eigenvalue weighted by Crippen LogP contribution is 2.30. The van der Waals surface area contributed by atoms with Crippen molar-refractivity contribution in [3.63, 3.8) is 0 Å². The van der Waals surface area contributed by atoms with Gasteiger partial charge in [-0.1, -0.05) is 12.1 Å². The molecule has 0 aliphatic heterocycles. The van der Waals surface area contributed by atoms with Crippen LogP contribution in [0.5, 0.6) is 0 Å². The van der Waals surface area contributed by atoms with E-state index in [4.69, 9.17) is 0 Å². The van der Waals surface area contributed by atoms with Gasteiger partial charge in [-0.05, 0) is 60.0 Å². The minimum Gasteiger partial charge on any atom is -0.350 e. The third-order valence-corrected chi connectivity index (χ3v) is 4.76. The predicted octanol–water partition coefficient (Wildman–Crippen LogP) is 5.66. The summed E-state index contributed by atoms with van der Waals surface area (Å²) in [6.07, 6.45) is -2.98. The topological polar surface area (TPSA) is 77.2 Å². The number of fused-ring (bicyclic) bond motifs is 1. The molecule has 0 spiro atoms. The summed E-state index contributed by atoms with van der Waals surface area (Å²) in [4.78, 5) is 23.5. The van der Waals surface area contributed by atoms with Crippen LogP contribution in [0, 0.1) is 10.1 Å². The maximum absolute atomic E-state index is 12.9. The van der Waals surface area contributed by atoms with Crippen LogP contribution < -0.4 is 10.9 Å². The Bertz CT molecular complexity index is 1350. The zero-order valence-electron chi connectivity index (χ0n) is 15.8. The molecule has 0 aliphatic carbocycles. The van der Waals surface area contributed by atoms with Gasteiger partial charge in [0.1, 0.15) is 5.69 Å². The first-order valence-corrected chi connectivity index (χ1v) is 9.07. The molecule has 0 saturated heterocycles. The quantitative estimate of drug-likeness (QED) is 0.338. The molecule has 0 atom stereocenters. The monoisotopic (exact) mass is 425 g/mol. The average Bonchev–Trinajstić information content (AvgIpc) is 2.74. The van der Waals surface area contributed by atoms with E-state index in [0.29, 0.717) is 27.8 Å². The number of benzene rings is 3. The number of nitrogens with one attached hydrogen (secondary N) is 1. The molecule has 31 heavy (non-hydrogen) atoms. The number of nitro groups is 1. The van der Waals surface area contributed by atoms with Crippen molar-refractivity contribution in [1.29, 1.82) is 0 Å². The largest absolute Gasteiger partial charge is 0.416 e. The molecular weight excluding hydrogens is 411 g/mol. The van der Waals surface area contributed by atoms with Gasteiger partial charge in [0.25, 0.3) is 11.2 Å². The van der Waals surface area contributed by atoms with E-state index >= 15 is 0 Å². The van der Waals surface area contributed by atoms with Gasteiger partial charge in [0, 0.05) is 29.0 Å². The minimum absolute atomic E-state index is 0.0830. The summed E-state index contributed by atoms with van der Waals surface area (Å²) in [5.74, 6) is 0. The summed E-state index contributed by atoms with van der Waals surface area (Å²) in [6, 6.07) is 17.0. The summed E-state index contributed by atoms with van der Waals surface area (Å²) < 4.78 is 39.5. The number of hydrogen-bond donors (Lipinski definition) is 1. The molecule has 0 fully saturated rings. The standard InChI is InChI=1S/C22H14F3N3O3/c23-22(24,25)15-5-8-17(9-6-15)27-12-11-14-13-16(7-10-18(14)21(27)29)26-19-3-1-2-4-20(19)28(30)31/h1-13,26H. The van der Waals surface area contributed by atoms with E-state index in [1.165, 1.54) is 29.0 Å². The van der Waals surface area contributed by atoms with Crippen molar-refractivity contribution >= 4 is 27.8 Å². The first kappa shape index (κ1) is 20.1. The van der Waals surface area contributed by atoms with E-state index in [1.54, 1.807) is 42.5 Å². The van der Waals surface area contributed by atoms with Gasteiger partial charge in [0.15, 0.2) is 0 Å². The fraction of sp³-hybridized carbons (Fsp3) is 0.0455. The second-order valence-electron chi connectivity index (χ2n) is 6.74. The van der Waals surface area contributed by atoms with Crippen molar-refractivity contribution in [2.75, 3.05) is 5.32 Å². The lowest BCUT2D eigenvalue weighted by Gasteiger charge is -2.11. The highest BCUT2D eigenvalue weighted by Gasteiger charge is 2.30. The van der Waals surface area contributed by atoms with Gasteiger partial charge in [-0.15, -0.1) is 0 Å². The highest BCUT2D eigenvalue weighted by molar-refractivity contribution is 5.86. The number of hydrogen-bond acceptors (Lipinski definition) is 4. The number of nitrogens with zero attached hydrogens (tertiary/aromatic N) is 2. The van der Waals surface area contributed by atoms with E-state index in [9.17, 15) is 28.1 Å².